The Hall–Kier alpha value is -0.300. The Morgan fingerprint density at radius 3 is 2.69 bits per heavy atom. The minimum atomic E-state index is 0.687. The van der Waals surface area contributed by atoms with Crippen molar-refractivity contribution in [1.29, 1.82) is 0 Å². The lowest BCUT2D eigenvalue weighted by Gasteiger charge is -2.27. The van der Waals surface area contributed by atoms with Gasteiger partial charge in [0.1, 0.15) is 0 Å². The van der Waals surface area contributed by atoms with Crippen LogP contribution >= 0.6 is 0 Å². The lowest BCUT2D eigenvalue weighted by Crippen LogP contribution is -2.32. The van der Waals surface area contributed by atoms with E-state index in [0.717, 1.165) is 24.3 Å². The zero-order chi connectivity index (χ0) is 11.5. The number of fused-ring (bicyclic) bond motifs is 2. The molecule has 4 atom stereocenters. The van der Waals surface area contributed by atoms with Crippen molar-refractivity contribution in [2.45, 2.75) is 58.4 Å². The maximum atomic E-state index is 4.06. The second-order valence-corrected chi connectivity index (χ2v) is 6.09. The number of nitrogens with one attached hydrogen (secondary N) is 1. The largest absolute Gasteiger partial charge is 0.314 e. The molecule has 2 aliphatic rings. The minimum Gasteiger partial charge on any atom is -0.314 e. The topological polar surface area (TPSA) is 12.0 Å². The predicted molar refractivity (Wildman–Crippen MR) is 70.5 cm³/mol. The van der Waals surface area contributed by atoms with Crippen LogP contribution in [0, 0.1) is 17.8 Å². The summed E-state index contributed by atoms with van der Waals surface area (Å²) in [5.74, 6) is 3.17. The normalized spacial score (nSPS) is 34.2. The van der Waals surface area contributed by atoms with Gasteiger partial charge >= 0.3 is 0 Å². The van der Waals surface area contributed by atoms with E-state index in [-0.39, 0.29) is 0 Å². The fraction of sp³-hybridized carbons (Fsp3) is 0.867. The van der Waals surface area contributed by atoms with Crippen molar-refractivity contribution < 1.29 is 0 Å². The summed E-state index contributed by atoms with van der Waals surface area (Å²) in [5, 5.41) is 3.64. The summed E-state index contributed by atoms with van der Waals surface area (Å²) in [6.45, 7) is 9.53. The van der Waals surface area contributed by atoms with Gasteiger partial charge in [-0.25, -0.2) is 0 Å². The lowest BCUT2D eigenvalue weighted by atomic mass is 9.83. The van der Waals surface area contributed by atoms with Crippen LogP contribution in [0.2, 0.25) is 0 Å². The summed E-state index contributed by atoms with van der Waals surface area (Å²) in [4.78, 5) is 0. The molecule has 0 aromatic heterocycles. The van der Waals surface area contributed by atoms with Crippen LogP contribution in [-0.4, -0.2) is 12.6 Å². The first-order chi connectivity index (χ1) is 7.69. The maximum Gasteiger partial charge on any atom is 0.0107 e. The first kappa shape index (κ1) is 12.2. The number of rotatable bonds is 6. The van der Waals surface area contributed by atoms with Gasteiger partial charge in [-0.3, -0.25) is 0 Å². The second-order valence-electron chi connectivity index (χ2n) is 6.09. The molecular formula is C15H27N. The van der Waals surface area contributed by atoms with Crippen LogP contribution in [-0.2, 0) is 0 Å². The molecule has 16 heavy (non-hydrogen) atoms. The summed E-state index contributed by atoms with van der Waals surface area (Å²) in [6.07, 6.45) is 8.65. The van der Waals surface area contributed by atoms with Crippen molar-refractivity contribution in [3.8, 4) is 0 Å². The quantitative estimate of drug-likeness (QED) is 0.673. The van der Waals surface area contributed by atoms with Gasteiger partial charge < -0.3 is 5.32 Å². The van der Waals surface area contributed by atoms with E-state index in [1.54, 1.807) is 0 Å². The Morgan fingerprint density at radius 1 is 1.38 bits per heavy atom. The molecule has 92 valence electrons. The van der Waals surface area contributed by atoms with E-state index >= 15 is 0 Å². The molecule has 2 bridgehead atoms. The van der Waals surface area contributed by atoms with Gasteiger partial charge in [-0.1, -0.05) is 18.9 Å². The van der Waals surface area contributed by atoms with Crippen molar-refractivity contribution in [3.63, 3.8) is 0 Å². The molecule has 0 amide bonds. The van der Waals surface area contributed by atoms with Gasteiger partial charge in [-0.2, -0.15) is 0 Å². The van der Waals surface area contributed by atoms with Crippen molar-refractivity contribution in [3.05, 3.63) is 12.2 Å². The van der Waals surface area contributed by atoms with E-state index < -0.39 is 0 Å². The Bertz CT molecular complexity index is 246. The summed E-state index contributed by atoms with van der Waals surface area (Å²) >= 11 is 0. The molecule has 1 N–H and O–H groups in total. The highest BCUT2D eigenvalue weighted by Gasteiger charge is 2.39. The Kier molecular flexibility index (Phi) is 4.07. The van der Waals surface area contributed by atoms with Crippen molar-refractivity contribution in [2.24, 2.45) is 17.8 Å². The summed E-state index contributed by atoms with van der Waals surface area (Å²) in [6, 6.07) is 0.687. The van der Waals surface area contributed by atoms with Gasteiger partial charge in [0, 0.05) is 6.04 Å². The van der Waals surface area contributed by atoms with Gasteiger partial charge in [0.2, 0.25) is 0 Å². The lowest BCUT2D eigenvalue weighted by molar-refractivity contribution is 0.278. The molecule has 1 heteroatoms. The smallest absolute Gasteiger partial charge is 0.0107 e. The zero-order valence-electron chi connectivity index (χ0n) is 11.0. The molecule has 0 spiro atoms. The van der Waals surface area contributed by atoms with Gasteiger partial charge in [-0.05, 0) is 63.3 Å². The first-order valence-electron chi connectivity index (χ1n) is 7.06. The first-order valence-corrected chi connectivity index (χ1v) is 7.06. The summed E-state index contributed by atoms with van der Waals surface area (Å²) in [5.41, 5.74) is 1.33. The van der Waals surface area contributed by atoms with Crippen LogP contribution in [0.1, 0.15) is 52.4 Å². The Morgan fingerprint density at radius 2 is 2.19 bits per heavy atom. The molecule has 2 saturated carbocycles. The highest BCUT2D eigenvalue weighted by atomic mass is 14.9. The van der Waals surface area contributed by atoms with Gasteiger partial charge in [0.05, 0.1) is 0 Å². The third-order valence-electron chi connectivity index (χ3n) is 4.56. The third kappa shape index (κ3) is 2.88. The molecule has 2 fully saturated rings. The van der Waals surface area contributed by atoms with Crippen LogP contribution in [0.4, 0.5) is 0 Å². The zero-order valence-corrected chi connectivity index (χ0v) is 11.0. The van der Waals surface area contributed by atoms with E-state index in [1.165, 1.54) is 44.1 Å². The fourth-order valence-corrected chi connectivity index (χ4v) is 3.98. The van der Waals surface area contributed by atoms with E-state index in [4.69, 9.17) is 0 Å². The molecule has 4 unspecified atom stereocenters. The summed E-state index contributed by atoms with van der Waals surface area (Å²) in [7, 11) is 0. The SMILES string of the molecule is C=C(C)CC(CC1CC2CCC1C2)NCC. The third-order valence-corrected chi connectivity index (χ3v) is 4.56. The Balaban J connectivity index is 1.83. The summed E-state index contributed by atoms with van der Waals surface area (Å²) < 4.78 is 0. The number of hydrogen-bond acceptors (Lipinski definition) is 1. The molecule has 2 aliphatic carbocycles. The van der Waals surface area contributed by atoms with Gasteiger partial charge in [0.25, 0.3) is 0 Å². The van der Waals surface area contributed by atoms with E-state index in [2.05, 4.69) is 25.7 Å². The van der Waals surface area contributed by atoms with E-state index in [1.807, 2.05) is 0 Å². The van der Waals surface area contributed by atoms with Crippen LogP contribution in [0.15, 0.2) is 12.2 Å². The molecule has 0 heterocycles. The minimum absolute atomic E-state index is 0.687. The molecule has 0 aliphatic heterocycles. The van der Waals surface area contributed by atoms with Gasteiger partial charge in [0.15, 0.2) is 0 Å². The Labute approximate surface area is 101 Å². The van der Waals surface area contributed by atoms with Crippen LogP contribution in [0.5, 0.6) is 0 Å². The highest BCUT2D eigenvalue weighted by molar-refractivity contribution is 4.96. The van der Waals surface area contributed by atoms with Crippen molar-refractivity contribution in [1.82, 2.24) is 5.32 Å². The standard InChI is InChI=1S/C15H27N/c1-4-16-15(7-11(2)3)10-14-9-12-5-6-13(14)8-12/h12-16H,2,4-10H2,1,3H3. The van der Waals surface area contributed by atoms with Crippen LogP contribution < -0.4 is 5.32 Å². The predicted octanol–water partition coefficient (Wildman–Crippen LogP) is 3.76. The average Bonchev–Trinajstić information content (AvgIpc) is 2.78. The van der Waals surface area contributed by atoms with Crippen LogP contribution in [0.25, 0.3) is 0 Å². The monoisotopic (exact) mass is 221 g/mol. The van der Waals surface area contributed by atoms with Gasteiger partial charge in [-0.15, -0.1) is 6.58 Å². The van der Waals surface area contributed by atoms with Crippen molar-refractivity contribution in [2.75, 3.05) is 6.54 Å². The highest BCUT2D eigenvalue weighted by Crippen LogP contribution is 2.50. The molecule has 0 radical (unpaired) electrons. The van der Waals surface area contributed by atoms with E-state index in [0.29, 0.717) is 6.04 Å². The molecular weight excluding hydrogens is 194 g/mol. The molecule has 0 aromatic carbocycles. The number of hydrogen-bond donors (Lipinski definition) is 1. The molecule has 2 rings (SSSR count). The second kappa shape index (κ2) is 5.35. The molecule has 0 saturated heterocycles. The van der Waals surface area contributed by atoms with E-state index in [9.17, 15) is 0 Å². The fourth-order valence-electron chi connectivity index (χ4n) is 3.98. The average molecular weight is 221 g/mol. The maximum absolute atomic E-state index is 4.06. The van der Waals surface area contributed by atoms with Crippen molar-refractivity contribution >= 4 is 0 Å². The molecule has 1 nitrogen and oxygen atoms in total. The van der Waals surface area contributed by atoms with Crippen LogP contribution in [0.3, 0.4) is 0 Å². The molecule has 0 aromatic rings.